The zero-order valence-corrected chi connectivity index (χ0v) is 15.8. The third kappa shape index (κ3) is 3.49. The van der Waals surface area contributed by atoms with Crippen LogP contribution in [0.25, 0.3) is 0 Å². The number of anilines is 1. The number of rotatable bonds is 1. The molecule has 1 saturated heterocycles. The molecule has 140 valence electrons. The zero-order chi connectivity index (χ0) is 19.1. The molecule has 0 saturated carbocycles. The number of carbonyl (C=O) groups is 1. The average molecular weight is 408 g/mol. The van der Waals surface area contributed by atoms with E-state index in [4.69, 9.17) is 23.8 Å². The molecule has 2 aliphatic rings. The van der Waals surface area contributed by atoms with Gasteiger partial charge in [0.1, 0.15) is 11.6 Å². The third-order valence-electron chi connectivity index (χ3n) is 4.96. The van der Waals surface area contributed by atoms with Crippen molar-refractivity contribution in [3.63, 3.8) is 0 Å². The number of halogens is 3. The quantitative estimate of drug-likeness (QED) is 0.730. The minimum atomic E-state index is -0.481. The van der Waals surface area contributed by atoms with Crippen LogP contribution in [0.5, 0.6) is 0 Å². The number of benzene rings is 2. The van der Waals surface area contributed by atoms with Crippen molar-refractivity contribution >= 4 is 40.5 Å². The van der Waals surface area contributed by atoms with Gasteiger partial charge < -0.3 is 15.1 Å². The maximum Gasteiger partial charge on any atom is 0.242 e. The number of nitrogens with one attached hydrogen (secondary N) is 1. The van der Waals surface area contributed by atoms with Crippen LogP contribution < -0.4 is 5.32 Å². The maximum atomic E-state index is 14.0. The van der Waals surface area contributed by atoms with Crippen LogP contribution >= 0.6 is 23.8 Å². The number of carbonyl (C=O) groups excluding carboxylic acids is 1. The smallest absolute Gasteiger partial charge is 0.242 e. The Kier molecular flexibility index (Phi) is 4.74. The molecule has 2 aromatic rings. The van der Waals surface area contributed by atoms with Gasteiger partial charge in [-0.25, -0.2) is 8.78 Å². The lowest BCUT2D eigenvalue weighted by Gasteiger charge is -2.45. The van der Waals surface area contributed by atoms with Crippen molar-refractivity contribution in [3.05, 3.63) is 64.2 Å². The van der Waals surface area contributed by atoms with Gasteiger partial charge in [0.15, 0.2) is 5.11 Å². The van der Waals surface area contributed by atoms with Crippen molar-refractivity contribution in [2.24, 2.45) is 0 Å². The van der Waals surface area contributed by atoms with Crippen molar-refractivity contribution in [2.45, 2.75) is 12.5 Å². The summed E-state index contributed by atoms with van der Waals surface area (Å²) < 4.78 is 27.5. The Labute approximate surface area is 165 Å². The second kappa shape index (κ2) is 7.05. The molecule has 2 aromatic carbocycles. The fraction of sp³-hybridized carbons (Fsp3) is 0.263. The summed E-state index contributed by atoms with van der Waals surface area (Å²) >= 11 is 11.3. The van der Waals surface area contributed by atoms with Crippen LogP contribution in [-0.2, 0) is 11.2 Å². The molecular formula is C19H16ClF2N3OS. The first-order valence-electron chi connectivity index (χ1n) is 8.51. The molecule has 4 rings (SSSR count). The Morgan fingerprint density at radius 3 is 2.85 bits per heavy atom. The van der Waals surface area contributed by atoms with E-state index in [1.165, 1.54) is 30.3 Å². The third-order valence-corrected chi connectivity index (χ3v) is 5.55. The van der Waals surface area contributed by atoms with E-state index in [1.54, 1.807) is 15.9 Å². The predicted molar refractivity (Wildman–Crippen MR) is 104 cm³/mol. The van der Waals surface area contributed by atoms with Gasteiger partial charge in [0.2, 0.25) is 5.91 Å². The minimum Gasteiger partial charge on any atom is -0.337 e. The van der Waals surface area contributed by atoms with Gasteiger partial charge in [0.25, 0.3) is 0 Å². The summed E-state index contributed by atoms with van der Waals surface area (Å²) in [7, 11) is 0. The molecule has 27 heavy (non-hydrogen) atoms. The highest BCUT2D eigenvalue weighted by molar-refractivity contribution is 7.80. The number of piperazine rings is 1. The highest BCUT2D eigenvalue weighted by atomic mass is 35.5. The van der Waals surface area contributed by atoms with E-state index in [0.29, 0.717) is 24.5 Å². The molecule has 0 aliphatic carbocycles. The largest absolute Gasteiger partial charge is 0.337 e. The van der Waals surface area contributed by atoms with E-state index in [0.717, 1.165) is 11.1 Å². The molecule has 1 fully saturated rings. The van der Waals surface area contributed by atoms with Gasteiger partial charge in [-0.15, -0.1) is 0 Å². The maximum absolute atomic E-state index is 14.0. The fourth-order valence-electron chi connectivity index (χ4n) is 3.65. The summed E-state index contributed by atoms with van der Waals surface area (Å²) in [5.74, 6) is -0.822. The molecule has 1 atom stereocenters. The lowest BCUT2D eigenvalue weighted by atomic mass is 9.90. The first-order valence-corrected chi connectivity index (χ1v) is 9.30. The molecule has 0 spiro atoms. The van der Waals surface area contributed by atoms with Crippen molar-refractivity contribution in [1.29, 1.82) is 0 Å². The van der Waals surface area contributed by atoms with Gasteiger partial charge in [0.05, 0.1) is 18.3 Å². The van der Waals surface area contributed by atoms with E-state index in [2.05, 4.69) is 5.32 Å². The van der Waals surface area contributed by atoms with Gasteiger partial charge in [0, 0.05) is 18.1 Å². The molecule has 0 unspecified atom stereocenters. The molecule has 0 radical (unpaired) electrons. The number of amides is 1. The molecule has 8 heteroatoms. The van der Waals surface area contributed by atoms with Crippen LogP contribution in [0.4, 0.5) is 14.5 Å². The number of fused-ring (bicyclic) bond motifs is 3. The zero-order valence-electron chi connectivity index (χ0n) is 14.2. The SMILES string of the molecule is O=C1CN(C(=S)Nc2cc(Cl)ccc2F)C[C@@H]2c3ccc(F)cc3CCN12. The van der Waals surface area contributed by atoms with Crippen LogP contribution in [0.3, 0.4) is 0 Å². The summed E-state index contributed by atoms with van der Waals surface area (Å²) in [4.78, 5) is 16.1. The lowest BCUT2D eigenvalue weighted by Crippen LogP contribution is -2.56. The molecule has 2 aliphatic heterocycles. The average Bonchev–Trinajstić information content (AvgIpc) is 2.64. The second-order valence-corrected chi connectivity index (χ2v) is 7.45. The summed E-state index contributed by atoms with van der Waals surface area (Å²) in [5.41, 5.74) is 2.00. The molecule has 0 bridgehead atoms. The van der Waals surface area contributed by atoms with E-state index >= 15 is 0 Å². The Balaban J connectivity index is 1.57. The van der Waals surface area contributed by atoms with E-state index in [1.807, 2.05) is 0 Å². The Hall–Kier alpha value is -2.25. The van der Waals surface area contributed by atoms with Gasteiger partial charge in [-0.05, 0) is 60.1 Å². The highest BCUT2D eigenvalue weighted by Crippen LogP contribution is 2.33. The van der Waals surface area contributed by atoms with Crippen molar-refractivity contribution in [1.82, 2.24) is 9.80 Å². The number of hydrogen-bond acceptors (Lipinski definition) is 2. The first-order chi connectivity index (χ1) is 12.9. The molecular weight excluding hydrogens is 392 g/mol. The first kappa shape index (κ1) is 18.1. The predicted octanol–water partition coefficient (Wildman–Crippen LogP) is 3.76. The molecule has 1 amide bonds. The van der Waals surface area contributed by atoms with Gasteiger partial charge in [-0.1, -0.05) is 17.7 Å². The summed E-state index contributed by atoms with van der Waals surface area (Å²) in [5, 5.41) is 3.47. The lowest BCUT2D eigenvalue weighted by molar-refractivity contribution is -0.138. The van der Waals surface area contributed by atoms with Gasteiger partial charge in [-0.2, -0.15) is 0 Å². The van der Waals surface area contributed by atoms with E-state index in [9.17, 15) is 13.6 Å². The Bertz CT molecular complexity index is 939. The van der Waals surface area contributed by atoms with Crippen molar-refractivity contribution in [3.8, 4) is 0 Å². The van der Waals surface area contributed by atoms with Crippen molar-refractivity contribution in [2.75, 3.05) is 25.0 Å². The van der Waals surface area contributed by atoms with Gasteiger partial charge in [-0.3, -0.25) is 4.79 Å². The topological polar surface area (TPSA) is 35.6 Å². The van der Waals surface area contributed by atoms with Crippen LogP contribution in [0.2, 0.25) is 5.02 Å². The highest BCUT2D eigenvalue weighted by Gasteiger charge is 2.37. The summed E-state index contributed by atoms with van der Waals surface area (Å²) in [6.45, 7) is 1.12. The van der Waals surface area contributed by atoms with Crippen LogP contribution in [0.15, 0.2) is 36.4 Å². The summed E-state index contributed by atoms with van der Waals surface area (Å²) in [6.07, 6.45) is 0.631. The van der Waals surface area contributed by atoms with Crippen LogP contribution in [0.1, 0.15) is 17.2 Å². The summed E-state index contributed by atoms with van der Waals surface area (Å²) in [6, 6.07) is 8.59. The molecule has 0 aromatic heterocycles. The normalized spacial score (nSPS) is 18.8. The molecule has 4 nitrogen and oxygen atoms in total. The second-order valence-electron chi connectivity index (χ2n) is 6.63. The monoisotopic (exact) mass is 407 g/mol. The van der Waals surface area contributed by atoms with Crippen LogP contribution in [0, 0.1) is 11.6 Å². The van der Waals surface area contributed by atoms with Gasteiger partial charge >= 0.3 is 0 Å². The number of hydrogen-bond donors (Lipinski definition) is 1. The molecule has 2 heterocycles. The standard InChI is InChI=1S/C19H16ClF2N3OS/c20-12-1-4-15(22)16(8-12)23-19(27)24-9-17-14-3-2-13(21)7-11(14)5-6-25(17)18(26)10-24/h1-4,7-8,17H,5-6,9-10H2,(H,23,27)/t17-/m1/s1. The van der Waals surface area contributed by atoms with E-state index in [-0.39, 0.29) is 35.1 Å². The minimum absolute atomic E-state index is 0.0584. The number of thiocarbonyl (C=S) groups is 1. The molecule has 1 N–H and O–H groups in total. The van der Waals surface area contributed by atoms with Crippen molar-refractivity contribution < 1.29 is 13.6 Å². The van der Waals surface area contributed by atoms with E-state index < -0.39 is 5.82 Å². The van der Waals surface area contributed by atoms with Crippen LogP contribution in [-0.4, -0.2) is 40.5 Å². The fourth-order valence-corrected chi connectivity index (χ4v) is 4.07. The number of nitrogens with zero attached hydrogens (tertiary/aromatic N) is 2. The Morgan fingerprint density at radius 2 is 2.04 bits per heavy atom. The Morgan fingerprint density at radius 1 is 1.22 bits per heavy atom.